The molecule has 2 aromatic rings. The SMILES string of the molecule is CC(=Cc1ccc(-c2ccccc2F)s1)CBr. The Kier molecular flexibility index (Phi) is 4.13. The van der Waals surface area contributed by atoms with Crippen molar-refractivity contribution in [3.05, 3.63) is 52.7 Å². The van der Waals surface area contributed by atoms with Gasteiger partial charge in [0.25, 0.3) is 0 Å². The fourth-order valence-corrected chi connectivity index (χ4v) is 2.74. The second-order valence-corrected chi connectivity index (χ2v) is 5.48. The normalized spacial score (nSPS) is 11.8. The van der Waals surface area contributed by atoms with Crippen molar-refractivity contribution in [2.75, 3.05) is 5.33 Å². The molecule has 0 unspecified atom stereocenters. The van der Waals surface area contributed by atoms with Crippen molar-refractivity contribution in [2.24, 2.45) is 0 Å². The minimum atomic E-state index is -0.165. The Morgan fingerprint density at radius 2 is 2.06 bits per heavy atom. The highest BCUT2D eigenvalue weighted by Crippen LogP contribution is 2.31. The lowest BCUT2D eigenvalue weighted by Crippen LogP contribution is -1.78. The summed E-state index contributed by atoms with van der Waals surface area (Å²) in [5, 5.41) is 0.861. The van der Waals surface area contributed by atoms with E-state index in [2.05, 4.69) is 28.9 Å². The van der Waals surface area contributed by atoms with Crippen molar-refractivity contribution in [1.29, 1.82) is 0 Å². The zero-order chi connectivity index (χ0) is 12.3. The molecule has 17 heavy (non-hydrogen) atoms. The predicted octanol–water partition coefficient (Wildman–Crippen LogP) is 5.35. The molecule has 0 fully saturated rings. The van der Waals surface area contributed by atoms with Crippen LogP contribution in [0, 0.1) is 5.82 Å². The fraction of sp³-hybridized carbons (Fsp3) is 0.143. The van der Waals surface area contributed by atoms with Gasteiger partial charge in [-0.25, -0.2) is 4.39 Å². The summed E-state index contributed by atoms with van der Waals surface area (Å²) in [5.74, 6) is -0.165. The van der Waals surface area contributed by atoms with E-state index >= 15 is 0 Å². The van der Waals surface area contributed by atoms with Crippen LogP contribution >= 0.6 is 27.3 Å². The van der Waals surface area contributed by atoms with Gasteiger partial charge in [0, 0.05) is 20.6 Å². The number of halogens is 2. The van der Waals surface area contributed by atoms with E-state index in [9.17, 15) is 4.39 Å². The molecule has 0 N–H and O–H groups in total. The van der Waals surface area contributed by atoms with Gasteiger partial charge in [-0.1, -0.05) is 39.7 Å². The maximum Gasteiger partial charge on any atom is 0.131 e. The topological polar surface area (TPSA) is 0 Å². The maximum atomic E-state index is 13.6. The molecular weight excluding hydrogens is 299 g/mol. The summed E-state index contributed by atoms with van der Waals surface area (Å²) in [6.07, 6.45) is 2.11. The quantitative estimate of drug-likeness (QED) is 0.670. The van der Waals surface area contributed by atoms with E-state index in [-0.39, 0.29) is 5.82 Å². The first-order valence-corrected chi connectivity index (χ1v) is 7.22. The molecule has 0 nitrogen and oxygen atoms in total. The number of alkyl halides is 1. The molecule has 0 aliphatic rings. The monoisotopic (exact) mass is 310 g/mol. The molecule has 0 radical (unpaired) electrons. The average Bonchev–Trinajstić information content (AvgIpc) is 2.78. The molecule has 0 saturated carbocycles. The Morgan fingerprint density at radius 1 is 1.29 bits per heavy atom. The zero-order valence-corrected chi connectivity index (χ0v) is 11.8. The third kappa shape index (κ3) is 3.05. The van der Waals surface area contributed by atoms with Crippen LogP contribution in [0.4, 0.5) is 4.39 Å². The highest BCUT2D eigenvalue weighted by molar-refractivity contribution is 9.09. The van der Waals surface area contributed by atoms with Gasteiger partial charge >= 0.3 is 0 Å². The summed E-state index contributed by atoms with van der Waals surface area (Å²) in [4.78, 5) is 2.12. The lowest BCUT2D eigenvalue weighted by atomic mass is 10.2. The van der Waals surface area contributed by atoms with Crippen molar-refractivity contribution in [3.8, 4) is 10.4 Å². The second-order valence-electron chi connectivity index (χ2n) is 3.81. The van der Waals surface area contributed by atoms with Crippen LogP contribution in [-0.2, 0) is 0 Å². The van der Waals surface area contributed by atoms with Crippen LogP contribution in [0.25, 0.3) is 16.5 Å². The van der Waals surface area contributed by atoms with Crippen LogP contribution in [0.15, 0.2) is 42.0 Å². The number of hydrogen-bond donors (Lipinski definition) is 0. The summed E-state index contributed by atoms with van der Waals surface area (Å²) in [7, 11) is 0. The molecule has 1 heterocycles. The summed E-state index contributed by atoms with van der Waals surface area (Å²) in [6, 6.07) is 10.9. The van der Waals surface area contributed by atoms with Crippen LogP contribution in [0.3, 0.4) is 0 Å². The van der Waals surface area contributed by atoms with Crippen LogP contribution in [0.5, 0.6) is 0 Å². The number of thiophene rings is 1. The zero-order valence-electron chi connectivity index (χ0n) is 9.41. The van der Waals surface area contributed by atoms with Gasteiger partial charge in [0.05, 0.1) is 0 Å². The number of benzene rings is 1. The minimum absolute atomic E-state index is 0.165. The third-order valence-electron chi connectivity index (χ3n) is 2.37. The summed E-state index contributed by atoms with van der Waals surface area (Å²) in [5.41, 5.74) is 1.93. The molecule has 1 aromatic heterocycles. The Labute approximate surface area is 113 Å². The summed E-state index contributed by atoms with van der Waals surface area (Å²) in [6.45, 7) is 2.07. The molecule has 3 heteroatoms. The lowest BCUT2D eigenvalue weighted by Gasteiger charge is -1.98. The minimum Gasteiger partial charge on any atom is -0.206 e. The summed E-state index contributed by atoms with van der Waals surface area (Å²) >= 11 is 5.02. The van der Waals surface area contributed by atoms with Gasteiger partial charge in [-0.3, -0.25) is 0 Å². The van der Waals surface area contributed by atoms with Gasteiger partial charge in [0.2, 0.25) is 0 Å². The van der Waals surface area contributed by atoms with Gasteiger partial charge < -0.3 is 0 Å². The second kappa shape index (κ2) is 5.61. The molecule has 0 bridgehead atoms. The number of hydrogen-bond acceptors (Lipinski definition) is 1. The molecule has 2 rings (SSSR count). The van der Waals surface area contributed by atoms with E-state index in [0.717, 1.165) is 15.1 Å². The largest absolute Gasteiger partial charge is 0.206 e. The first-order valence-electron chi connectivity index (χ1n) is 5.28. The van der Waals surface area contributed by atoms with Gasteiger partial charge in [-0.2, -0.15) is 0 Å². The highest BCUT2D eigenvalue weighted by Gasteiger charge is 2.06. The van der Waals surface area contributed by atoms with Crippen molar-refractivity contribution >= 4 is 33.3 Å². The van der Waals surface area contributed by atoms with Crippen LogP contribution < -0.4 is 0 Å². The number of allylic oxidation sites excluding steroid dienone is 1. The van der Waals surface area contributed by atoms with Crippen LogP contribution in [-0.4, -0.2) is 5.33 Å². The van der Waals surface area contributed by atoms with E-state index in [1.54, 1.807) is 17.4 Å². The van der Waals surface area contributed by atoms with Crippen molar-refractivity contribution in [2.45, 2.75) is 6.92 Å². The molecule has 0 aliphatic carbocycles. The molecular formula is C14H12BrFS. The van der Waals surface area contributed by atoms with E-state index < -0.39 is 0 Å². The molecule has 0 amide bonds. The Balaban J connectivity index is 2.34. The van der Waals surface area contributed by atoms with E-state index in [1.807, 2.05) is 24.3 Å². The molecule has 0 atom stereocenters. The van der Waals surface area contributed by atoms with E-state index in [0.29, 0.717) is 5.56 Å². The molecule has 0 saturated heterocycles. The van der Waals surface area contributed by atoms with Gasteiger partial charge in [0.15, 0.2) is 0 Å². The van der Waals surface area contributed by atoms with E-state index in [1.165, 1.54) is 11.6 Å². The maximum absolute atomic E-state index is 13.6. The van der Waals surface area contributed by atoms with Crippen LogP contribution in [0.1, 0.15) is 11.8 Å². The first kappa shape index (κ1) is 12.5. The summed E-state index contributed by atoms with van der Waals surface area (Å²) < 4.78 is 13.6. The Morgan fingerprint density at radius 3 is 2.76 bits per heavy atom. The third-order valence-corrected chi connectivity index (χ3v) is 4.32. The highest BCUT2D eigenvalue weighted by atomic mass is 79.9. The van der Waals surface area contributed by atoms with Crippen molar-refractivity contribution in [1.82, 2.24) is 0 Å². The lowest BCUT2D eigenvalue weighted by molar-refractivity contribution is 0.631. The van der Waals surface area contributed by atoms with Crippen LogP contribution in [0.2, 0.25) is 0 Å². The Bertz CT molecular complexity index is 543. The molecule has 0 aliphatic heterocycles. The number of rotatable bonds is 3. The van der Waals surface area contributed by atoms with Crippen molar-refractivity contribution < 1.29 is 4.39 Å². The van der Waals surface area contributed by atoms with Gasteiger partial charge in [0.1, 0.15) is 5.82 Å². The molecule has 0 spiro atoms. The smallest absolute Gasteiger partial charge is 0.131 e. The predicted molar refractivity (Wildman–Crippen MR) is 77.2 cm³/mol. The standard InChI is InChI=1S/C14H12BrFS/c1-10(9-15)8-11-6-7-14(17-11)12-4-2-3-5-13(12)16/h2-8H,9H2,1H3. The van der Waals surface area contributed by atoms with Gasteiger partial charge in [-0.15, -0.1) is 11.3 Å². The molecule has 1 aromatic carbocycles. The average molecular weight is 311 g/mol. The fourth-order valence-electron chi connectivity index (χ4n) is 1.52. The molecule has 88 valence electrons. The van der Waals surface area contributed by atoms with E-state index in [4.69, 9.17) is 0 Å². The Hall–Kier alpha value is -0.930. The first-order chi connectivity index (χ1) is 8.20. The van der Waals surface area contributed by atoms with Gasteiger partial charge in [-0.05, 0) is 31.2 Å². The van der Waals surface area contributed by atoms with Crippen molar-refractivity contribution in [3.63, 3.8) is 0 Å².